The first kappa shape index (κ1) is 33.1. The third kappa shape index (κ3) is 5.66. The van der Waals surface area contributed by atoms with E-state index in [0.717, 1.165) is 78.6 Å². The SMILES string of the molecule is Cc1cc(C)n(-c2cccc(Oc3ccc4c(c3)n(-c3ccccn3)c3c5ccc(Oc6cccc(-n7nc(C)cc7C)c6)cc5n(-c5ccccn5)c43)c2)n1. The van der Waals surface area contributed by atoms with Gasteiger partial charge in [0.1, 0.15) is 34.6 Å². The molecule has 0 spiro atoms. The first-order chi connectivity index (χ1) is 27.4. The van der Waals surface area contributed by atoms with Gasteiger partial charge in [0.2, 0.25) is 0 Å². The van der Waals surface area contributed by atoms with Crippen LogP contribution in [0.1, 0.15) is 22.8 Å². The zero-order valence-electron chi connectivity index (χ0n) is 31.3. The Morgan fingerprint density at radius 3 is 1.27 bits per heavy atom. The van der Waals surface area contributed by atoms with E-state index in [4.69, 9.17) is 19.4 Å². The molecule has 0 amide bonds. The number of hydrogen-bond acceptors (Lipinski definition) is 6. The highest BCUT2D eigenvalue weighted by molar-refractivity contribution is 6.20. The minimum Gasteiger partial charge on any atom is -0.457 e. The maximum absolute atomic E-state index is 6.56. The standard InChI is InChI=1S/C46H36N8O2/c1-29-23-31(3)53(49-29)33-11-9-13-35(25-33)55-37-17-19-39-41(27-37)51(43-15-5-7-21-47-43)46-40-20-18-38(28-42(40)52(45(39)46)44-16-6-8-22-48-44)56-36-14-10-12-34(26-36)54-32(4)24-30(2)50-54/h5-28H,1-4H3. The van der Waals surface area contributed by atoms with Crippen molar-refractivity contribution in [1.82, 2.24) is 38.7 Å². The van der Waals surface area contributed by atoms with Crippen molar-refractivity contribution in [2.24, 2.45) is 0 Å². The van der Waals surface area contributed by atoms with Crippen molar-refractivity contribution < 1.29 is 9.47 Å². The number of pyridine rings is 2. The molecular weight excluding hydrogens is 697 g/mol. The van der Waals surface area contributed by atoms with Crippen molar-refractivity contribution in [3.05, 3.63) is 169 Å². The fourth-order valence-corrected chi connectivity index (χ4v) is 7.73. The molecule has 0 aliphatic carbocycles. The van der Waals surface area contributed by atoms with Gasteiger partial charge in [-0.15, -0.1) is 0 Å². The molecular formula is C46H36N8O2. The van der Waals surface area contributed by atoms with Crippen molar-refractivity contribution in [1.29, 1.82) is 0 Å². The number of aryl methyl sites for hydroxylation is 4. The lowest BCUT2D eigenvalue weighted by Crippen LogP contribution is -1.99. The van der Waals surface area contributed by atoms with Crippen molar-refractivity contribution in [3.63, 3.8) is 0 Å². The van der Waals surface area contributed by atoms with E-state index in [-0.39, 0.29) is 0 Å². The molecule has 10 rings (SSSR count). The second-order valence-electron chi connectivity index (χ2n) is 14.0. The third-order valence-electron chi connectivity index (χ3n) is 9.97. The average Bonchev–Trinajstić information content (AvgIpc) is 3.94. The third-order valence-corrected chi connectivity index (χ3v) is 9.97. The maximum Gasteiger partial charge on any atom is 0.137 e. The molecule has 0 saturated carbocycles. The Hall–Kier alpha value is -7.46. The van der Waals surface area contributed by atoms with Gasteiger partial charge in [-0.2, -0.15) is 10.2 Å². The lowest BCUT2D eigenvalue weighted by atomic mass is 10.2. The van der Waals surface area contributed by atoms with E-state index in [0.29, 0.717) is 23.0 Å². The Balaban J connectivity index is 1.13. The van der Waals surface area contributed by atoms with Crippen LogP contribution in [0.2, 0.25) is 0 Å². The van der Waals surface area contributed by atoms with Crippen molar-refractivity contribution in [2.45, 2.75) is 27.7 Å². The molecule has 0 unspecified atom stereocenters. The molecule has 0 N–H and O–H groups in total. The molecule has 10 aromatic rings. The highest BCUT2D eigenvalue weighted by atomic mass is 16.5. The lowest BCUT2D eigenvalue weighted by Gasteiger charge is -2.12. The Morgan fingerprint density at radius 2 is 0.875 bits per heavy atom. The van der Waals surface area contributed by atoms with Crippen LogP contribution in [0.4, 0.5) is 0 Å². The molecule has 0 atom stereocenters. The summed E-state index contributed by atoms with van der Waals surface area (Å²) >= 11 is 0. The average molecular weight is 733 g/mol. The Bertz CT molecular complexity index is 2870. The quantitative estimate of drug-likeness (QED) is 0.154. The molecule has 10 nitrogen and oxygen atoms in total. The molecule has 272 valence electrons. The van der Waals surface area contributed by atoms with Gasteiger partial charge in [0.25, 0.3) is 0 Å². The van der Waals surface area contributed by atoms with Gasteiger partial charge in [-0.1, -0.05) is 24.3 Å². The largest absolute Gasteiger partial charge is 0.457 e. The zero-order chi connectivity index (χ0) is 37.9. The number of fused-ring (bicyclic) bond motifs is 5. The van der Waals surface area contributed by atoms with Crippen molar-refractivity contribution in [2.75, 3.05) is 0 Å². The Kier molecular flexibility index (Phi) is 7.77. The van der Waals surface area contributed by atoms with Crippen LogP contribution in [-0.4, -0.2) is 38.7 Å². The summed E-state index contributed by atoms with van der Waals surface area (Å²) < 4.78 is 21.4. The van der Waals surface area contributed by atoms with Gasteiger partial charge >= 0.3 is 0 Å². The minimum atomic E-state index is 0.701. The van der Waals surface area contributed by atoms with Crippen LogP contribution >= 0.6 is 0 Å². The Labute approximate surface area is 322 Å². The van der Waals surface area contributed by atoms with Gasteiger partial charge in [0, 0.05) is 58.8 Å². The first-order valence-corrected chi connectivity index (χ1v) is 18.5. The molecule has 0 bridgehead atoms. The van der Waals surface area contributed by atoms with Gasteiger partial charge in [0.05, 0.1) is 44.8 Å². The Morgan fingerprint density at radius 1 is 0.429 bits per heavy atom. The van der Waals surface area contributed by atoms with Crippen molar-refractivity contribution in [3.8, 4) is 46.0 Å². The normalized spacial score (nSPS) is 11.6. The predicted octanol–water partition coefficient (Wildman–Crippen LogP) is 10.7. The van der Waals surface area contributed by atoms with Crippen LogP contribution in [-0.2, 0) is 0 Å². The topological polar surface area (TPSA) is 89.7 Å². The molecule has 6 heterocycles. The van der Waals surface area contributed by atoms with E-state index >= 15 is 0 Å². The number of nitrogens with zero attached hydrogens (tertiary/aromatic N) is 8. The second-order valence-corrected chi connectivity index (χ2v) is 14.0. The summed E-state index contributed by atoms with van der Waals surface area (Å²) in [6, 6.07) is 44.5. The predicted molar refractivity (Wildman–Crippen MR) is 219 cm³/mol. The molecule has 0 aliphatic heterocycles. The molecule has 10 heteroatoms. The highest BCUT2D eigenvalue weighted by Crippen LogP contribution is 2.43. The zero-order valence-corrected chi connectivity index (χ0v) is 31.3. The van der Waals surface area contributed by atoms with E-state index in [2.05, 4.69) is 69.6 Å². The summed E-state index contributed by atoms with van der Waals surface area (Å²) in [5.74, 6) is 4.41. The smallest absolute Gasteiger partial charge is 0.137 e. The summed E-state index contributed by atoms with van der Waals surface area (Å²) in [5, 5.41) is 11.4. The van der Waals surface area contributed by atoms with E-state index < -0.39 is 0 Å². The molecule has 6 aromatic heterocycles. The van der Waals surface area contributed by atoms with Gasteiger partial charge in [-0.25, -0.2) is 19.3 Å². The van der Waals surface area contributed by atoms with Gasteiger partial charge in [-0.05, 0) is 113 Å². The lowest BCUT2D eigenvalue weighted by molar-refractivity contribution is 0.482. The highest BCUT2D eigenvalue weighted by Gasteiger charge is 2.24. The summed E-state index contributed by atoms with van der Waals surface area (Å²) in [6.07, 6.45) is 3.64. The maximum atomic E-state index is 6.56. The van der Waals surface area contributed by atoms with Crippen LogP contribution in [0.3, 0.4) is 0 Å². The van der Waals surface area contributed by atoms with Crippen LogP contribution in [0, 0.1) is 27.7 Å². The molecule has 56 heavy (non-hydrogen) atoms. The van der Waals surface area contributed by atoms with E-state index in [9.17, 15) is 0 Å². The number of rotatable bonds is 8. The fraction of sp³-hybridized carbons (Fsp3) is 0.0870. The number of hydrogen-bond donors (Lipinski definition) is 0. The van der Waals surface area contributed by atoms with Crippen LogP contribution in [0.25, 0.3) is 55.8 Å². The molecule has 0 saturated heterocycles. The van der Waals surface area contributed by atoms with Crippen molar-refractivity contribution >= 4 is 32.8 Å². The summed E-state index contributed by atoms with van der Waals surface area (Å²) in [5.41, 5.74) is 9.83. The van der Waals surface area contributed by atoms with E-state index in [1.807, 2.05) is 133 Å². The second kappa shape index (κ2) is 13.1. The van der Waals surface area contributed by atoms with Crippen LogP contribution in [0.5, 0.6) is 23.0 Å². The van der Waals surface area contributed by atoms with E-state index in [1.165, 1.54) is 0 Å². The molecule has 0 radical (unpaired) electrons. The molecule has 0 aliphatic rings. The number of ether oxygens (including phenoxy) is 2. The molecule has 0 fully saturated rings. The monoisotopic (exact) mass is 732 g/mol. The van der Waals surface area contributed by atoms with Gasteiger partial charge < -0.3 is 9.47 Å². The van der Waals surface area contributed by atoms with Gasteiger partial charge in [0.15, 0.2) is 0 Å². The minimum absolute atomic E-state index is 0.701. The fourth-order valence-electron chi connectivity index (χ4n) is 7.73. The number of aromatic nitrogens is 8. The summed E-state index contributed by atoms with van der Waals surface area (Å²) in [6.45, 7) is 8.10. The van der Waals surface area contributed by atoms with Gasteiger partial charge in [-0.3, -0.25) is 9.13 Å². The first-order valence-electron chi connectivity index (χ1n) is 18.5. The number of benzene rings is 4. The molecule has 4 aromatic carbocycles. The van der Waals surface area contributed by atoms with E-state index in [1.54, 1.807) is 0 Å². The van der Waals surface area contributed by atoms with Crippen LogP contribution < -0.4 is 9.47 Å². The summed E-state index contributed by atoms with van der Waals surface area (Å²) in [4.78, 5) is 9.70. The van der Waals surface area contributed by atoms with Crippen LogP contribution in [0.15, 0.2) is 146 Å². The summed E-state index contributed by atoms with van der Waals surface area (Å²) in [7, 11) is 0.